The average molecular weight is 946 g/mol. The number of aliphatic carboxylic acids is 1. The number of carbonyl (C=O) groups is 3. The number of rotatable bonds is 54. The molecule has 11 nitrogen and oxygen atoms in total. The van der Waals surface area contributed by atoms with Crippen LogP contribution in [0.3, 0.4) is 0 Å². The van der Waals surface area contributed by atoms with Crippen molar-refractivity contribution in [1.82, 2.24) is 5.32 Å². The van der Waals surface area contributed by atoms with Crippen molar-refractivity contribution in [1.29, 1.82) is 0 Å². The lowest BCUT2D eigenvalue weighted by molar-refractivity contribution is -0.161. The standard InChI is InChI=1S/C53H104NO10P/c1-3-5-7-9-11-13-15-18-23-27-31-35-39-43-52(57)61-48-50(64-53(58)44-40-36-32-28-24-19-16-14-12-10-8-6-4-2)49-63-65(59,60)62-47-46-54-45-41-37-33-29-25-21-17-20-22-26-30-34-38-42-51(55)56/h50,54H,3-49H2,1-2H3,(H,55,56)(H,59,60). The molecule has 0 bridgehead atoms. The van der Waals surface area contributed by atoms with Gasteiger partial charge in [0, 0.05) is 25.8 Å². The SMILES string of the molecule is CCCCCCCCCCCCCCCC(=O)OCC(COP(=O)(O)OCCNCCCCCCCCCCCCCCCC(=O)O)OC(=O)CCCCCCCCCCCCCCC. The van der Waals surface area contributed by atoms with Gasteiger partial charge in [0.25, 0.3) is 0 Å². The van der Waals surface area contributed by atoms with Crippen molar-refractivity contribution in [2.24, 2.45) is 0 Å². The summed E-state index contributed by atoms with van der Waals surface area (Å²) in [5, 5.41) is 12.0. The number of phosphoric acid groups is 1. The van der Waals surface area contributed by atoms with E-state index in [1.165, 1.54) is 180 Å². The minimum atomic E-state index is -4.42. The lowest BCUT2D eigenvalue weighted by Gasteiger charge is -2.20. The molecule has 12 heteroatoms. The smallest absolute Gasteiger partial charge is 0.472 e. The fourth-order valence-electron chi connectivity index (χ4n) is 8.24. The van der Waals surface area contributed by atoms with E-state index >= 15 is 0 Å². The van der Waals surface area contributed by atoms with Crippen molar-refractivity contribution in [3.63, 3.8) is 0 Å². The first kappa shape index (κ1) is 63.5. The largest absolute Gasteiger partial charge is 0.481 e. The van der Waals surface area contributed by atoms with Crippen molar-refractivity contribution in [2.75, 3.05) is 32.9 Å². The summed E-state index contributed by atoms with van der Waals surface area (Å²) in [6.45, 7) is 5.06. The van der Waals surface area contributed by atoms with Crippen LogP contribution in [0.4, 0.5) is 0 Å². The summed E-state index contributed by atoms with van der Waals surface area (Å²) < 4.78 is 34.2. The highest BCUT2D eigenvalue weighted by Gasteiger charge is 2.26. The molecular formula is C53H104NO10P. The molecular weight excluding hydrogens is 842 g/mol. The molecule has 2 unspecified atom stereocenters. The van der Waals surface area contributed by atoms with Crippen molar-refractivity contribution in [3.05, 3.63) is 0 Å². The third-order valence-electron chi connectivity index (χ3n) is 12.4. The maximum absolute atomic E-state index is 12.8. The van der Waals surface area contributed by atoms with Gasteiger partial charge in [-0.2, -0.15) is 0 Å². The number of esters is 2. The molecule has 0 spiro atoms. The van der Waals surface area contributed by atoms with Crippen molar-refractivity contribution >= 4 is 25.7 Å². The molecule has 0 amide bonds. The third kappa shape index (κ3) is 51.7. The normalized spacial score (nSPS) is 12.9. The van der Waals surface area contributed by atoms with Crippen molar-refractivity contribution in [2.45, 2.75) is 290 Å². The number of carbonyl (C=O) groups excluding carboxylic acids is 2. The quantitative estimate of drug-likeness (QED) is 0.0303. The van der Waals surface area contributed by atoms with Gasteiger partial charge in [0.15, 0.2) is 6.10 Å². The van der Waals surface area contributed by atoms with Crippen LogP contribution in [0.25, 0.3) is 0 Å². The maximum Gasteiger partial charge on any atom is 0.472 e. The van der Waals surface area contributed by atoms with Gasteiger partial charge in [-0.3, -0.25) is 23.4 Å². The summed E-state index contributed by atoms with van der Waals surface area (Å²) >= 11 is 0. The molecule has 0 aromatic rings. The Bertz CT molecular complexity index is 1090. The van der Waals surface area contributed by atoms with E-state index in [4.69, 9.17) is 23.6 Å². The van der Waals surface area contributed by atoms with E-state index in [0.717, 1.165) is 70.8 Å². The molecule has 0 aromatic heterocycles. The lowest BCUT2D eigenvalue weighted by atomic mass is 10.0. The highest BCUT2D eigenvalue weighted by atomic mass is 31.2. The van der Waals surface area contributed by atoms with E-state index in [1.54, 1.807) is 0 Å². The highest BCUT2D eigenvalue weighted by molar-refractivity contribution is 7.47. The van der Waals surface area contributed by atoms with E-state index in [1.807, 2.05) is 0 Å². The summed E-state index contributed by atoms with van der Waals surface area (Å²) in [6.07, 6.45) is 46.5. The van der Waals surface area contributed by atoms with Crippen molar-refractivity contribution < 1.29 is 47.5 Å². The predicted octanol–water partition coefficient (Wildman–Crippen LogP) is 15.7. The van der Waals surface area contributed by atoms with Crippen LogP contribution in [0.1, 0.15) is 284 Å². The molecule has 0 radical (unpaired) electrons. The van der Waals surface area contributed by atoms with Crippen LogP contribution < -0.4 is 5.32 Å². The molecule has 0 heterocycles. The molecule has 0 saturated carbocycles. The van der Waals surface area contributed by atoms with E-state index in [9.17, 15) is 23.8 Å². The zero-order chi connectivity index (χ0) is 47.6. The van der Waals surface area contributed by atoms with E-state index in [0.29, 0.717) is 13.0 Å². The average Bonchev–Trinajstić information content (AvgIpc) is 3.28. The zero-order valence-electron chi connectivity index (χ0n) is 42.4. The Hall–Kier alpha value is -1.52. The number of carboxylic acid groups (broad SMARTS) is 1. The Morgan fingerprint density at radius 3 is 1.15 bits per heavy atom. The van der Waals surface area contributed by atoms with Gasteiger partial charge in [0.2, 0.25) is 0 Å². The molecule has 0 aliphatic rings. The topological polar surface area (TPSA) is 158 Å². The molecule has 386 valence electrons. The van der Waals surface area contributed by atoms with Gasteiger partial charge in [-0.15, -0.1) is 0 Å². The summed E-state index contributed by atoms with van der Waals surface area (Å²) in [7, 11) is -4.42. The van der Waals surface area contributed by atoms with Gasteiger partial charge in [-0.05, 0) is 32.2 Å². The number of nitrogens with one attached hydrogen (secondary N) is 1. The van der Waals surface area contributed by atoms with Gasteiger partial charge in [-0.25, -0.2) is 4.57 Å². The molecule has 0 rings (SSSR count). The van der Waals surface area contributed by atoms with Crippen LogP contribution in [0.15, 0.2) is 0 Å². The first-order chi connectivity index (χ1) is 31.7. The minimum Gasteiger partial charge on any atom is -0.481 e. The van der Waals surface area contributed by atoms with E-state index in [2.05, 4.69) is 19.2 Å². The fraction of sp³-hybridized carbons (Fsp3) is 0.943. The second-order valence-corrected chi connectivity index (χ2v) is 20.3. The molecule has 0 aliphatic carbocycles. The van der Waals surface area contributed by atoms with Crippen LogP contribution in [0.2, 0.25) is 0 Å². The van der Waals surface area contributed by atoms with Crippen LogP contribution in [0.5, 0.6) is 0 Å². The highest BCUT2D eigenvalue weighted by Crippen LogP contribution is 2.43. The Labute approximate surface area is 399 Å². The van der Waals surface area contributed by atoms with E-state index < -0.39 is 32.5 Å². The van der Waals surface area contributed by atoms with Gasteiger partial charge < -0.3 is 24.8 Å². The number of hydrogen-bond donors (Lipinski definition) is 3. The second kappa shape index (κ2) is 50.4. The number of hydrogen-bond acceptors (Lipinski definition) is 9. The minimum absolute atomic E-state index is 0.00623. The van der Waals surface area contributed by atoms with Gasteiger partial charge >= 0.3 is 25.7 Å². The van der Waals surface area contributed by atoms with Gasteiger partial charge in [-0.1, -0.05) is 239 Å². The van der Waals surface area contributed by atoms with Gasteiger partial charge in [0.05, 0.1) is 13.2 Å². The number of carboxylic acids is 1. The molecule has 65 heavy (non-hydrogen) atoms. The molecule has 0 aromatic carbocycles. The third-order valence-corrected chi connectivity index (χ3v) is 13.4. The molecule has 0 aliphatic heterocycles. The predicted molar refractivity (Wildman–Crippen MR) is 268 cm³/mol. The maximum atomic E-state index is 12.8. The number of ether oxygens (including phenoxy) is 2. The monoisotopic (exact) mass is 946 g/mol. The van der Waals surface area contributed by atoms with Crippen LogP contribution in [0, 0.1) is 0 Å². The van der Waals surface area contributed by atoms with Crippen LogP contribution in [-0.2, 0) is 37.5 Å². The Balaban J connectivity index is 4.35. The van der Waals surface area contributed by atoms with Crippen LogP contribution >= 0.6 is 7.82 Å². The molecule has 0 saturated heterocycles. The molecule has 0 fully saturated rings. The first-order valence-corrected chi connectivity index (χ1v) is 29.1. The molecule has 3 N–H and O–H groups in total. The number of unbranched alkanes of at least 4 members (excludes halogenated alkanes) is 36. The number of phosphoric ester groups is 1. The fourth-order valence-corrected chi connectivity index (χ4v) is 8.99. The lowest BCUT2D eigenvalue weighted by Crippen LogP contribution is -2.29. The molecule has 2 atom stereocenters. The van der Waals surface area contributed by atoms with E-state index in [-0.39, 0.29) is 38.4 Å². The zero-order valence-corrected chi connectivity index (χ0v) is 43.3. The second-order valence-electron chi connectivity index (χ2n) is 18.9. The summed E-state index contributed by atoms with van der Waals surface area (Å²) in [5.74, 6) is -1.49. The first-order valence-electron chi connectivity index (χ1n) is 27.6. The van der Waals surface area contributed by atoms with Gasteiger partial charge in [0.1, 0.15) is 6.61 Å². The van der Waals surface area contributed by atoms with Crippen LogP contribution in [-0.4, -0.2) is 66.9 Å². The summed E-state index contributed by atoms with van der Waals surface area (Å²) in [4.78, 5) is 46.3. The Morgan fingerprint density at radius 2 is 0.769 bits per heavy atom. The Morgan fingerprint density at radius 1 is 0.431 bits per heavy atom. The van der Waals surface area contributed by atoms with Crippen molar-refractivity contribution in [3.8, 4) is 0 Å². The Kier molecular flexibility index (Phi) is 49.2. The summed E-state index contributed by atoms with van der Waals surface area (Å²) in [5.41, 5.74) is 0. The summed E-state index contributed by atoms with van der Waals surface area (Å²) in [6, 6.07) is 0.